The highest BCUT2D eigenvalue weighted by atomic mass is 31.2. The summed E-state index contributed by atoms with van der Waals surface area (Å²) < 4.78 is 33.6. The van der Waals surface area contributed by atoms with Crippen LogP contribution in [0.5, 0.6) is 0 Å². The summed E-state index contributed by atoms with van der Waals surface area (Å²) in [5.74, 6) is 0. The van der Waals surface area contributed by atoms with Crippen molar-refractivity contribution in [3.63, 3.8) is 0 Å². The van der Waals surface area contributed by atoms with E-state index in [9.17, 15) is 9.46 Å². The molecule has 234 valence electrons. The summed E-state index contributed by atoms with van der Waals surface area (Å²) in [6.45, 7) is 3.84. The van der Waals surface area contributed by atoms with E-state index in [1.54, 1.807) is 0 Å². The van der Waals surface area contributed by atoms with E-state index in [2.05, 4.69) is 19.1 Å². The SMILES string of the molecule is CCCCCCCC/C=C\CCCCCCCCCCCCOC[C@@H](COC)OP(=O)([O-])OCC[N+](C)(C)C. The Hall–Kier alpha value is -0.270. The van der Waals surface area contributed by atoms with Gasteiger partial charge in [0.15, 0.2) is 0 Å². The molecule has 1 unspecified atom stereocenters. The summed E-state index contributed by atoms with van der Waals surface area (Å²) in [6, 6.07) is 0. The van der Waals surface area contributed by atoms with Crippen LogP contribution in [0.25, 0.3) is 0 Å². The molecule has 2 atom stereocenters. The first-order valence-electron chi connectivity index (χ1n) is 15.9. The Morgan fingerprint density at radius 2 is 1.21 bits per heavy atom. The third-order valence-corrected chi connectivity index (χ3v) is 7.80. The minimum absolute atomic E-state index is 0.0852. The molecule has 0 aliphatic heterocycles. The maximum Gasteiger partial charge on any atom is 0.268 e. The number of unbranched alkanes of at least 4 members (excludes halogenated alkanes) is 16. The van der Waals surface area contributed by atoms with E-state index in [0.717, 1.165) is 12.8 Å². The van der Waals surface area contributed by atoms with Crippen LogP contribution in [0.1, 0.15) is 122 Å². The van der Waals surface area contributed by atoms with Gasteiger partial charge in [0, 0.05) is 13.7 Å². The molecule has 0 saturated heterocycles. The molecule has 0 amide bonds. The van der Waals surface area contributed by atoms with Gasteiger partial charge in [-0.05, 0) is 32.1 Å². The van der Waals surface area contributed by atoms with Gasteiger partial charge >= 0.3 is 0 Å². The molecule has 0 aromatic carbocycles. The van der Waals surface area contributed by atoms with E-state index >= 15 is 0 Å². The number of likely N-dealkylation sites (N-methyl/N-ethyl adjacent to an activating group) is 1. The Bertz CT molecular complexity index is 596. The highest BCUT2D eigenvalue weighted by Crippen LogP contribution is 2.39. The van der Waals surface area contributed by atoms with Crippen molar-refractivity contribution < 1.29 is 32.5 Å². The van der Waals surface area contributed by atoms with E-state index in [4.69, 9.17) is 18.5 Å². The van der Waals surface area contributed by atoms with E-state index in [1.165, 1.54) is 110 Å². The van der Waals surface area contributed by atoms with Crippen molar-refractivity contribution in [2.75, 3.05) is 61.2 Å². The average Bonchev–Trinajstić information content (AvgIpc) is 2.86. The number of hydrogen-bond donors (Lipinski definition) is 0. The molecule has 0 radical (unpaired) electrons. The maximum atomic E-state index is 12.1. The Labute approximate surface area is 242 Å². The van der Waals surface area contributed by atoms with Gasteiger partial charge in [0.2, 0.25) is 0 Å². The van der Waals surface area contributed by atoms with Crippen molar-refractivity contribution in [2.45, 2.75) is 129 Å². The molecule has 0 aliphatic carbocycles. The molecule has 0 fully saturated rings. The van der Waals surface area contributed by atoms with E-state index < -0.39 is 13.9 Å². The van der Waals surface area contributed by atoms with Crippen molar-refractivity contribution in [2.24, 2.45) is 0 Å². The molecule has 0 heterocycles. The third kappa shape index (κ3) is 30.5. The number of quaternary nitrogens is 1. The smallest absolute Gasteiger partial charge is 0.268 e. The predicted octanol–water partition coefficient (Wildman–Crippen LogP) is 7.82. The van der Waals surface area contributed by atoms with Crippen molar-refractivity contribution in [1.82, 2.24) is 0 Å². The van der Waals surface area contributed by atoms with E-state index in [0.29, 0.717) is 17.6 Å². The van der Waals surface area contributed by atoms with Crippen molar-refractivity contribution >= 4 is 7.82 Å². The van der Waals surface area contributed by atoms with Crippen LogP contribution >= 0.6 is 7.82 Å². The summed E-state index contributed by atoms with van der Waals surface area (Å²) in [6.07, 6.45) is 27.6. The van der Waals surface area contributed by atoms with Crippen LogP contribution in [0.3, 0.4) is 0 Å². The van der Waals surface area contributed by atoms with Gasteiger partial charge < -0.3 is 27.9 Å². The van der Waals surface area contributed by atoms with Gasteiger partial charge in [0.05, 0.1) is 34.4 Å². The van der Waals surface area contributed by atoms with Crippen LogP contribution in [0, 0.1) is 0 Å². The van der Waals surface area contributed by atoms with Gasteiger partial charge in [-0.2, -0.15) is 0 Å². The number of phosphoric acid groups is 1. The number of allylic oxidation sites excluding steroid dienone is 2. The summed E-state index contributed by atoms with van der Waals surface area (Å²) in [7, 11) is 3.05. The summed E-state index contributed by atoms with van der Waals surface area (Å²) in [5, 5.41) is 0. The zero-order valence-corrected chi connectivity index (χ0v) is 27.2. The second kappa shape index (κ2) is 26.6. The topological polar surface area (TPSA) is 77.1 Å². The lowest BCUT2D eigenvalue weighted by Gasteiger charge is -2.29. The second-order valence-electron chi connectivity index (χ2n) is 11.9. The van der Waals surface area contributed by atoms with E-state index in [1.807, 2.05) is 21.1 Å². The molecular formula is C31H64NO6P. The van der Waals surface area contributed by atoms with Crippen molar-refractivity contribution in [3.05, 3.63) is 12.2 Å². The number of phosphoric ester groups is 1. The first-order valence-corrected chi connectivity index (χ1v) is 17.3. The van der Waals surface area contributed by atoms with Crippen LogP contribution in [0.2, 0.25) is 0 Å². The summed E-state index contributed by atoms with van der Waals surface area (Å²) in [5.41, 5.74) is 0. The first kappa shape index (κ1) is 38.7. The summed E-state index contributed by atoms with van der Waals surface area (Å²) >= 11 is 0. The van der Waals surface area contributed by atoms with Gasteiger partial charge in [-0.25, -0.2) is 0 Å². The fourth-order valence-corrected chi connectivity index (χ4v) is 5.16. The molecule has 0 aromatic rings. The maximum absolute atomic E-state index is 12.1. The number of nitrogens with zero attached hydrogens (tertiary/aromatic N) is 1. The minimum atomic E-state index is -4.39. The zero-order valence-electron chi connectivity index (χ0n) is 26.3. The molecule has 7 nitrogen and oxygen atoms in total. The largest absolute Gasteiger partial charge is 0.756 e. The fraction of sp³-hybridized carbons (Fsp3) is 0.935. The van der Waals surface area contributed by atoms with Crippen LogP contribution in [0.15, 0.2) is 12.2 Å². The molecule has 0 N–H and O–H groups in total. The van der Waals surface area contributed by atoms with Gasteiger partial charge in [0.25, 0.3) is 7.82 Å². The average molecular weight is 578 g/mol. The predicted molar refractivity (Wildman–Crippen MR) is 162 cm³/mol. The minimum Gasteiger partial charge on any atom is -0.756 e. The first-order chi connectivity index (χ1) is 18.7. The van der Waals surface area contributed by atoms with Crippen LogP contribution < -0.4 is 4.89 Å². The van der Waals surface area contributed by atoms with Crippen molar-refractivity contribution in [3.8, 4) is 0 Å². The van der Waals surface area contributed by atoms with Crippen LogP contribution in [0.4, 0.5) is 0 Å². The second-order valence-corrected chi connectivity index (χ2v) is 13.3. The molecule has 39 heavy (non-hydrogen) atoms. The number of rotatable bonds is 30. The molecular weight excluding hydrogens is 513 g/mol. The van der Waals surface area contributed by atoms with Gasteiger partial charge in [-0.15, -0.1) is 0 Å². The Morgan fingerprint density at radius 1 is 0.718 bits per heavy atom. The van der Waals surface area contributed by atoms with Gasteiger partial charge in [-0.3, -0.25) is 4.57 Å². The van der Waals surface area contributed by atoms with Gasteiger partial charge in [-0.1, -0.05) is 103 Å². The Kier molecular flexibility index (Phi) is 26.4. The highest BCUT2D eigenvalue weighted by molar-refractivity contribution is 7.45. The quantitative estimate of drug-likeness (QED) is 0.0375. The van der Waals surface area contributed by atoms with Gasteiger partial charge in [0.1, 0.15) is 19.3 Å². The number of methoxy groups -OCH3 is 1. The zero-order chi connectivity index (χ0) is 29.1. The van der Waals surface area contributed by atoms with Crippen LogP contribution in [-0.4, -0.2) is 71.8 Å². The molecule has 0 bridgehead atoms. The molecule has 0 rings (SSSR count). The lowest BCUT2D eigenvalue weighted by molar-refractivity contribution is -0.870. The monoisotopic (exact) mass is 577 g/mol. The molecule has 8 heteroatoms. The third-order valence-electron chi connectivity index (χ3n) is 6.75. The lowest BCUT2D eigenvalue weighted by Crippen LogP contribution is -2.38. The number of hydrogen-bond acceptors (Lipinski definition) is 6. The normalized spacial score (nSPS) is 14.7. The fourth-order valence-electron chi connectivity index (χ4n) is 4.31. The highest BCUT2D eigenvalue weighted by Gasteiger charge is 2.20. The number of ether oxygens (including phenoxy) is 2. The van der Waals surface area contributed by atoms with E-state index in [-0.39, 0.29) is 19.8 Å². The molecule has 0 aromatic heterocycles. The van der Waals surface area contributed by atoms with Crippen molar-refractivity contribution in [1.29, 1.82) is 0 Å². The standard InChI is InChI=1S/C31H64NO6P/c1-6-7-8-9-10-11-12-13-14-15-16-17-18-19-20-21-22-23-24-25-27-36-30-31(29-35-5)38-39(33,34)37-28-26-32(2,3)4/h13-14,31H,6-12,15-30H2,1-5H3/b14-13-/t31-/m1/s1. The summed E-state index contributed by atoms with van der Waals surface area (Å²) in [4.78, 5) is 12.1. The molecule has 0 spiro atoms. The lowest BCUT2D eigenvalue weighted by atomic mass is 10.1. The Balaban J connectivity index is 3.55. The molecule has 0 saturated carbocycles. The molecule has 0 aliphatic rings. The van der Waals surface area contributed by atoms with Crippen LogP contribution in [-0.2, 0) is 23.1 Å². The Morgan fingerprint density at radius 3 is 1.69 bits per heavy atom.